The minimum atomic E-state index is -0.0556. The standard InChI is InChI=1S/C10H12O2/c1-11-10-7-6-8-4-2-3-5-9(8)12-10/h2-5,10H,6-7H2,1H3. The molecule has 0 N–H and O–H groups in total. The molecule has 0 aromatic heterocycles. The first-order valence-corrected chi connectivity index (χ1v) is 4.17. The van der Waals surface area contributed by atoms with Crippen LogP contribution in [0.5, 0.6) is 5.75 Å². The molecule has 2 rings (SSSR count). The number of methoxy groups -OCH3 is 1. The van der Waals surface area contributed by atoms with E-state index in [4.69, 9.17) is 9.47 Å². The van der Waals surface area contributed by atoms with Crippen molar-refractivity contribution in [2.24, 2.45) is 0 Å². The lowest BCUT2D eigenvalue weighted by molar-refractivity contribution is -0.0653. The van der Waals surface area contributed by atoms with Crippen molar-refractivity contribution in [3.05, 3.63) is 29.8 Å². The van der Waals surface area contributed by atoms with Gasteiger partial charge in [0, 0.05) is 13.5 Å². The van der Waals surface area contributed by atoms with Gasteiger partial charge in [-0.2, -0.15) is 0 Å². The molecular weight excluding hydrogens is 152 g/mol. The molecule has 1 atom stereocenters. The predicted molar refractivity (Wildman–Crippen MR) is 46.2 cm³/mol. The van der Waals surface area contributed by atoms with Crippen molar-refractivity contribution < 1.29 is 9.47 Å². The summed E-state index contributed by atoms with van der Waals surface area (Å²) >= 11 is 0. The zero-order valence-electron chi connectivity index (χ0n) is 7.12. The third-order valence-electron chi connectivity index (χ3n) is 2.14. The van der Waals surface area contributed by atoms with E-state index in [1.54, 1.807) is 7.11 Å². The van der Waals surface area contributed by atoms with Crippen LogP contribution in [0.2, 0.25) is 0 Å². The van der Waals surface area contributed by atoms with Gasteiger partial charge in [-0.1, -0.05) is 18.2 Å². The van der Waals surface area contributed by atoms with E-state index in [0.29, 0.717) is 0 Å². The van der Waals surface area contributed by atoms with E-state index in [0.717, 1.165) is 18.6 Å². The summed E-state index contributed by atoms with van der Waals surface area (Å²) in [5.41, 5.74) is 1.28. The highest BCUT2D eigenvalue weighted by Crippen LogP contribution is 2.26. The molecule has 0 fully saturated rings. The summed E-state index contributed by atoms with van der Waals surface area (Å²) in [6, 6.07) is 8.11. The van der Waals surface area contributed by atoms with E-state index in [1.165, 1.54) is 5.56 Å². The van der Waals surface area contributed by atoms with Crippen molar-refractivity contribution in [1.29, 1.82) is 0 Å². The van der Waals surface area contributed by atoms with E-state index in [1.807, 2.05) is 18.2 Å². The number of fused-ring (bicyclic) bond motifs is 1. The maximum atomic E-state index is 5.56. The topological polar surface area (TPSA) is 18.5 Å². The Kier molecular flexibility index (Phi) is 2.00. The molecule has 1 heterocycles. The van der Waals surface area contributed by atoms with Crippen LogP contribution in [0.25, 0.3) is 0 Å². The number of aryl methyl sites for hydroxylation is 1. The number of benzene rings is 1. The summed E-state index contributed by atoms with van der Waals surface area (Å²) in [4.78, 5) is 0. The molecule has 12 heavy (non-hydrogen) atoms. The largest absolute Gasteiger partial charge is 0.465 e. The summed E-state index contributed by atoms with van der Waals surface area (Å²) in [5.74, 6) is 0.968. The zero-order valence-corrected chi connectivity index (χ0v) is 7.12. The Balaban J connectivity index is 2.23. The van der Waals surface area contributed by atoms with Gasteiger partial charge in [-0.15, -0.1) is 0 Å². The van der Waals surface area contributed by atoms with Crippen molar-refractivity contribution in [1.82, 2.24) is 0 Å². The van der Waals surface area contributed by atoms with Crippen LogP contribution in [-0.2, 0) is 11.2 Å². The third kappa shape index (κ3) is 1.30. The molecule has 1 aromatic carbocycles. The van der Waals surface area contributed by atoms with E-state index in [-0.39, 0.29) is 6.29 Å². The first-order valence-electron chi connectivity index (χ1n) is 4.17. The summed E-state index contributed by atoms with van der Waals surface area (Å²) in [6.45, 7) is 0. The maximum Gasteiger partial charge on any atom is 0.199 e. The third-order valence-corrected chi connectivity index (χ3v) is 2.14. The summed E-state index contributed by atoms with van der Waals surface area (Å²) < 4.78 is 10.7. The molecule has 2 heteroatoms. The fourth-order valence-electron chi connectivity index (χ4n) is 1.47. The molecule has 0 amide bonds. The van der Waals surface area contributed by atoms with Crippen LogP contribution in [0.3, 0.4) is 0 Å². The second kappa shape index (κ2) is 3.15. The second-order valence-electron chi connectivity index (χ2n) is 2.93. The fourth-order valence-corrected chi connectivity index (χ4v) is 1.47. The maximum absolute atomic E-state index is 5.56. The number of hydrogen-bond donors (Lipinski definition) is 0. The van der Waals surface area contributed by atoms with Crippen LogP contribution in [-0.4, -0.2) is 13.4 Å². The minimum absolute atomic E-state index is 0.0556. The molecule has 2 nitrogen and oxygen atoms in total. The first kappa shape index (κ1) is 7.62. The number of hydrogen-bond acceptors (Lipinski definition) is 2. The van der Waals surface area contributed by atoms with Gasteiger partial charge < -0.3 is 9.47 Å². The van der Waals surface area contributed by atoms with Crippen LogP contribution >= 0.6 is 0 Å². The first-order chi connectivity index (χ1) is 5.90. The van der Waals surface area contributed by atoms with Crippen LogP contribution in [0, 0.1) is 0 Å². The Morgan fingerprint density at radius 1 is 1.42 bits per heavy atom. The number of ether oxygens (including phenoxy) is 2. The highest BCUT2D eigenvalue weighted by molar-refractivity contribution is 5.34. The molecule has 0 radical (unpaired) electrons. The smallest absolute Gasteiger partial charge is 0.199 e. The van der Waals surface area contributed by atoms with Gasteiger partial charge in [-0.05, 0) is 18.1 Å². The normalized spacial score (nSPS) is 21.2. The lowest BCUT2D eigenvalue weighted by Gasteiger charge is -2.24. The van der Waals surface area contributed by atoms with Crippen molar-refractivity contribution in [3.8, 4) is 5.75 Å². The molecule has 1 unspecified atom stereocenters. The number of para-hydroxylation sites is 1. The molecule has 1 aliphatic rings. The van der Waals surface area contributed by atoms with Crippen LogP contribution in [0.15, 0.2) is 24.3 Å². The van der Waals surface area contributed by atoms with Gasteiger partial charge in [0.05, 0.1) is 0 Å². The lowest BCUT2D eigenvalue weighted by atomic mass is 10.1. The number of rotatable bonds is 1. The lowest BCUT2D eigenvalue weighted by Crippen LogP contribution is -2.23. The molecule has 64 valence electrons. The Hall–Kier alpha value is -1.02. The van der Waals surface area contributed by atoms with E-state index < -0.39 is 0 Å². The van der Waals surface area contributed by atoms with Crippen LogP contribution in [0.4, 0.5) is 0 Å². The quantitative estimate of drug-likeness (QED) is 0.632. The molecule has 0 saturated carbocycles. The molecule has 0 aliphatic carbocycles. The predicted octanol–water partition coefficient (Wildman–Crippen LogP) is 1.98. The van der Waals surface area contributed by atoms with Gasteiger partial charge in [-0.25, -0.2) is 0 Å². The summed E-state index contributed by atoms with van der Waals surface area (Å²) in [7, 11) is 1.68. The SMILES string of the molecule is COC1CCc2ccccc2O1. The van der Waals surface area contributed by atoms with Crippen molar-refractivity contribution >= 4 is 0 Å². The van der Waals surface area contributed by atoms with Crippen LogP contribution < -0.4 is 4.74 Å². The average molecular weight is 164 g/mol. The molecule has 1 aliphatic heterocycles. The van der Waals surface area contributed by atoms with Gasteiger partial charge in [0.1, 0.15) is 5.75 Å². The Labute approximate surface area is 72.1 Å². The van der Waals surface area contributed by atoms with Crippen molar-refractivity contribution in [3.63, 3.8) is 0 Å². The Bertz CT molecular complexity index is 270. The molecular formula is C10H12O2. The van der Waals surface area contributed by atoms with E-state index in [9.17, 15) is 0 Å². The summed E-state index contributed by atoms with van der Waals surface area (Å²) in [5, 5.41) is 0. The van der Waals surface area contributed by atoms with Gasteiger partial charge in [0.25, 0.3) is 0 Å². The summed E-state index contributed by atoms with van der Waals surface area (Å²) in [6.07, 6.45) is 1.95. The second-order valence-corrected chi connectivity index (χ2v) is 2.93. The van der Waals surface area contributed by atoms with Crippen molar-refractivity contribution in [2.75, 3.05) is 7.11 Å². The minimum Gasteiger partial charge on any atom is -0.465 e. The Morgan fingerprint density at radius 3 is 3.08 bits per heavy atom. The van der Waals surface area contributed by atoms with Gasteiger partial charge in [-0.3, -0.25) is 0 Å². The zero-order chi connectivity index (χ0) is 8.39. The van der Waals surface area contributed by atoms with Gasteiger partial charge >= 0.3 is 0 Å². The molecule has 0 saturated heterocycles. The average Bonchev–Trinajstić information content (AvgIpc) is 2.17. The van der Waals surface area contributed by atoms with Crippen LogP contribution in [0.1, 0.15) is 12.0 Å². The highest BCUT2D eigenvalue weighted by Gasteiger charge is 2.17. The molecule has 0 bridgehead atoms. The van der Waals surface area contributed by atoms with E-state index >= 15 is 0 Å². The van der Waals surface area contributed by atoms with Gasteiger partial charge in [0.2, 0.25) is 0 Å². The van der Waals surface area contributed by atoms with Gasteiger partial charge in [0.15, 0.2) is 6.29 Å². The molecule has 0 spiro atoms. The molecule has 1 aromatic rings. The monoisotopic (exact) mass is 164 g/mol. The Morgan fingerprint density at radius 2 is 2.25 bits per heavy atom. The van der Waals surface area contributed by atoms with E-state index in [2.05, 4.69) is 6.07 Å². The van der Waals surface area contributed by atoms with Crippen molar-refractivity contribution in [2.45, 2.75) is 19.1 Å². The highest BCUT2D eigenvalue weighted by atomic mass is 16.7. The fraction of sp³-hybridized carbons (Fsp3) is 0.400.